The summed E-state index contributed by atoms with van der Waals surface area (Å²) in [4.78, 5) is 29.2. The molecule has 1 aliphatic rings. The highest BCUT2D eigenvalue weighted by atomic mass is 35.5. The molecule has 0 aliphatic heterocycles. The van der Waals surface area contributed by atoms with E-state index in [0.717, 1.165) is 31.4 Å². The molecule has 0 saturated heterocycles. The van der Waals surface area contributed by atoms with Crippen LogP contribution in [0.15, 0.2) is 36.5 Å². The van der Waals surface area contributed by atoms with Crippen LogP contribution in [-0.4, -0.2) is 28.9 Å². The van der Waals surface area contributed by atoms with Gasteiger partial charge in [0.25, 0.3) is 5.91 Å². The van der Waals surface area contributed by atoms with Gasteiger partial charge in [0.2, 0.25) is 5.91 Å². The van der Waals surface area contributed by atoms with E-state index in [4.69, 9.17) is 16.3 Å². The number of hydrogen-bond donors (Lipinski definition) is 2. The Bertz CT molecular complexity index is 993. The third-order valence-corrected chi connectivity index (χ3v) is 5.67. The van der Waals surface area contributed by atoms with Crippen LogP contribution in [0.1, 0.15) is 43.4 Å². The van der Waals surface area contributed by atoms with Gasteiger partial charge < -0.3 is 15.4 Å². The van der Waals surface area contributed by atoms with Gasteiger partial charge in [-0.05, 0) is 37.1 Å². The Morgan fingerprint density at radius 1 is 1.12 bits per heavy atom. The second-order valence-corrected chi connectivity index (χ2v) is 8.18. The minimum absolute atomic E-state index is 0.0767. The van der Waals surface area contributed by atoms with Crippen LogP contribution in [0.25, 0.3) is 0 Å². The minimum Gasteiger partial charge on any atom is -0.484 e. The summed E-state index contributed by atoms with van der Waals surface area (Å²) in [6.45, 7) is -0.522. The molecule has 1 saturated carbocycles. The van der Waals surface area contributed by atoms with Gasteiger partial charge in [-0.15, -0.1) is 0 Å². The Morgan fingerprint density at radius 3 is 2.45 bits per heavy atom. The molecule has 0 atom stereocenters. The van der Waals surface area contributed by atoms with E-state index in [-0.39, 0.29) is 23.0 Å². The van der Waals surface area contributed by atoms with Gasteiger partial charge in [-0.1, -0.05) is 30.9 Å². The van der Waals surface area contributed by atoms with Gasteiger partial charge >= 0.3 is 6.18 Å². The van der Waals surface area contributed by atoms with Crippen LogP contribution >= 0.6 is 11.6 Å². The summed E-state index contributed by atoms with van der Waals surface area (Å²) >= 11 is 5.62. The summed E-state index contributed by atoms with van der Waals surface area (Å²) < 4.78 is 56.8. The highest BCUT2D eigenvalue weighted by Crippen LogP contribution is 2.30. The molecule has 178 valence electrons. The third kappa shape index (κ3) is 6.56. The van der Waals surface area contributed by atoms with Crippen LogP contribution < -0.4 is 15.4 Å². The Hall–Kier alpha value is -2.88. The maximum absolute atomic E-state index is 13.5. The number of nitrogens with one attached hydrogen (secondary N) is 2. The summed E-state index contributed by atoms with van der Waals surface area (Å²) in [6.07, 6.45) is -0.639. The summed E-state index contributed by atoms with van der Waals surface area (Å²) in [5.41, 5.74) is -1.80. The van der Waals surface area contributed by atoms with E-state index < -0.39 is 41.5 Å². The van der Waals surface area contributed by atoms with Crippen LogP contribution in [0, 0.1) is 5.82 Å². The monoisotopic (exact) mass is 487 g/mol. The largest absolute Gasteiger partial charge is 0.484 e. The molecule has 6 nitrogen and oxygen atoms in total. The number of carbonyl (C=O) groups is 2. The van der Waals surface area contributed by atoms with Crippen molar-refractivity contribution in [2.45, 2.75) is 50.4 Å². The lowest BCUT2D eigenvalue weighted by Gasteiger charge is -2.36. The standard InChI is InChI=1S/C22H22ClF4N3O3/c23-17-7-6-16(10-18(17)24)33-13-19(31)30-21(8-2-1-3-9-21)20(32)29-12-15-5-4-14(11-28-15)22(25,26)27/h4-7,10-11H,1-3,8-9,12-13H2,(H,29,32)(H,30,31). The lowest BCUT2D eigenvalue weighted by molar-refractivity contribution is -0.138. The first-order valence-electron chi connectivity index (χ1n) is 10.3. The third-order valence-electron chi connectivity index (χ3n) is 5.36. The quantitative estimate of drug-likeness (QED) is 0.567. The lowest BCUT2D eigenvalue weighted by atomic mass is 9.80. The predicted octanol–water partition coefficient (Wildman–Crippen LogP) is 4.41. The van der Waals surface area contributed by atoms with E-state index in [9.17, 15) is 27.2 Å². The fraction of sp³-hybridized carbons (Fsp3) is 0.409. The molecular formula is C22H22ClF4N3O3. The van der Waals surface area contributed by atoms with Gasteiger partial charge in [-0.2, -0.15) is 13.2 Å². The molecule has 2 N–H and O–H groups in total. The van der Waals surface area contributed by atoms with Crippen LogP contribution in [-0.2, 0) is 22.3 Å². The molecule has 1 heterocycles. The summed E-state index contributed by atoms with van der Waals surface area (Å²) in [5, 5.41) is 5.31. The number of aromatic nitrogens is 1. The lowest BCUT2D eigenvalue weighted by Crippen LogP contribution is -2.60. The first kappa shape index (κ1) is 24.8. The van der Waals surface area contributed by atoms with Crippen LogP contribution in [0.5, 0.6) is 5.75 Å². The fourth-order valence-corrected chi connectivity index (χ4v) is 3.74. The van der Waals surface area contributed by atoms with Crippen molar-refractivity contribution in [3.05, 3.63) is 58.6 Å². The van der Waals surface area contributed by atoms with Crippen molar-refractivity contribution < 1.29 is 31.9 Å². The number of halogens is 5. The van der Waals surface area contributed by atoms with Crippen LogP contribution in [0.4, 0.5) is 17.6 Å². The van der Waals surface area contributed by atoms with Gasteiger partial charge in [-0.3, -0.25) is 14.6 Å². The summed E-state index contributed by atoms with van der Waals surface area (Å²) in [5.74, 6) is -1.58. The van der Waals surface area contributed by atoms with Gasteiger partial charge in [0.1, 0.15) is 17.1 Å². The number of pyridine rings is 1. The molecule has 0 unspecified atom stereocenters. The molecule has 1 aliphatic carbocycles. The van der Waals surface area contributed by atoms with Crippen molar-refractivity contribution in [3.63, 3.8) is 0 Å². The number of benzene rings is 1. The normalized spacial score (nSPS) is 15.5. The van der Waals surface area contributed by atoms with Crippen molar-refractivity contribution in [1.82, 2.24) is 15.6 Å². The molecule has 1 aromatic heterocycles. The van der Waals surface area contributed by atoms with E-state index >= 15 is 0 Å². The highest BCUT2D eigenvalue weighted by Gasteiger charge is 2.40. The SMILES string of the molecule is O=C(COc1ccc(Cl)c(F)c1)NC1(C(=O)NCc2ccc(C(F)(F)F)cn2)CCCCC1. The number of alkyl halides is 3. The average Bonchev–Trinajstić information content (AvgIpc) is 2.78. The minimum atomic E-state index is -4.49. The first-order valence-corrected chi connectivity index (χ1v) is 10.7. The topological polar surface area (TPSA) is 80.3 Å². The maximum atomic E-state index is 13.5. The molecule has 0 radical (unpaired) electrons. The fourth-order valence-electron chi connectivity index (χ4n) is 3.62. The van der Waals surface area contributed by atoms with Crippen molar-refractivity contribution in [2.75, 3.05) is 6.61 Å². The number of ether oxygens (including phenoxy) is 1. The zero-order chi connectivity index (χ0) is 24.1. The molecule has 1 aromatic carbocycles. The van der Waals surface area contributed by atoms with E-state index in [0.29, 0.717) is 19.0 Å². The van der Waals surface area contributed by atoms with Gasteiger partial charge in [0, 0.05) is 12.3 Å². The zero-order valence-electron chi connectivity index (χ0n) is 17.5. The maximum Gasteiger partial charge on any atom is 0.417 e. The molecule has 2 aromatic rings. The van der Waals surface area contributed by atoms with Crippen molar-refractivity contribution in [1.29, 1.82) is 0 Å². The van der Waals surface area contributed by atoms with Crippen LogP contribution in [0.3, 0.4) is 0 Å². The number of carbonyl (C=O) groups excluding carboxylic acids is 2. The molecule has 11 heteroatoms. The zero-order valence-corrected chi connectivity index (χ0v) is 18.2. The number of amides is 2. The Kier molecular flexibility index (Phi) is 7.78. The average molecular weight is 488 g/mol. The predicted molar refractivity (Wildman–Crippen MR) is 112 cm³/mol. The van der Waals surface area contributed by atoms with Gasteiger partial charge in [-0.25, -0.2) is 4.39 Å². The molecular weight excluding hydrogens is 466 g/mol. The number of hydrogen-bond acceptors (Lipinski definition) is 4. The van der Waals surface area contributed by atoms with Crippen molar-refractivity contribution >= 4 is 23.4 Å². The van der Waals surface area contributed by atoms with E-state index in [1.54, 1.807) is 0 Å². The first-order chi connectivity index (χ1) is 15.6. The molecule has 0 spiro atoms. The molecule has 3 rings (SSSR count). The van der Waals surface area contributed by atoms with Crippen LogP contribution in [0.2, 0.25) is 5.02 Å². The molecule has 33 heavy (non-hydrogen) atoms. The summed E-state index contributed by atoms with van der Waals surface area (Å²) in [6, 6.07) is 5.85. The van der Waals surface area contributed by atoms with Crippen molar-refractivity contribution in [2.24, 2.45) is 0 Å². The van der Waals surface area contributed by atoms with E-state index in [2.05, 4.69) is 15.6 Å². The smallest absolute Gasteiger partial charge is 0.417 e. The molecule has 1 fully saturated rings. The Labute approximate surface area is 192 Å². The Morgan fingerprint density at radius 2 is 1.85 bits per heavy atom. The highest BCUT2D eigenvalue weighted by molar-refractivity contribution is 6.30. The second-order valence-electron chi connectivity index (χ2n) is 7.77. The van der Waals surface area contributed by atoms with Crippen molar-refractivity contribution in [3.8, 4) is 5.75 Å². The summed E-state index contributed by atoms with van der Waals surface area (Å²) in [7, 11) is 0. The van der Waals surface area contributed by atoms with E-state index in [1.807, 2.05) is 0 Å². The Balaban J connectivity index is 1.60. The van der Waals surface area contributed by atoms with E-state index in [1.165, 1.54) is 18.2 Å². The van der Waals surface area contributed by atoms with Gasteiger partial charge in [0.05, 0.1) is 22.8 Å². The molecule has 2 amide bonds. The second kappa shape index (κ2) is 10.4. The van der Waals surface area contributed by atoms with Gasteiger partial charge in [0.15, 0.2) is 6.61 Å². The molecule has 0 bridgehead atoms. The number of rotatable bonds is 7. The number of nitrogens with zero attached hydrogens (tertiary/aromatic N) is 1.